The quantitative estimate of drug-likeness (QED) is 0.866. The van der Waals surface area contributed by atoms with Gasteiger partial charge in [-0.05, 0) is 31.1 Å². The van der Waals surface area contributed by atoms with Crippen LogP contribution in [0, 0.1) is 5.92 Å². The van der Waals surface area contributed by atoms with Crippen LogP contribution >= 0.6 is 11.3 Å². The van der Waals surface area contributed by atoms with Crippen LogP contribution in [0.25, 0.3) is 0 Å². The lowest BCUT2D eigenvalue weighted by molar-refractivity contribution is 0.0700. The molecule has 19 heavy (non-hydrogen) atoms. The number of aromatic nitrogens is 1. The van der Waals surface area contributed by atoms with E-state index in [-0.39, 0.29) is 5.92 Å². The van der Waals surface area contributed by atoms with E-state index in [9.17, 15) is 9.90 Å². The van der Waals surface area contributed by atoms with E-state index in [0.717, 1.165) is 29.7 Å². The Morgan fingerprint density at radius 1 is 1.58 bits per heavy atom. The molecule has 0 aromatic carbocycles. The fourth-order valence-corrected chi connectivity index (χ4v) is 3.30. The zero-order valence-corrected chi connectivity index (χ0v) is 12.7. The Labute approximate surface area is 118 Å². The van der Waals surface area contributed by atoms with Gasteiger partial charge in [-0.25, -0.2) is 9.78 Å². The van der Waals surface area contributed by atoms with E-state index in [1.807, 2.05) is 14.0 Å². The highest BCUT2D eigenvalue weighted by Gasteiger charge is 2.25. The third-order valence-electron chi connectivity index (χ3n) is 4.00. The highest BCUT2D eigenvalue weighted by molar-refractivity contribution is 7.17. The molecule has 0 bridgehead atoms. The van der Waals surface area contributed by atoms with Gasteiger partial charge in [0, 0.05) is 13.6 Å². The van der Waals surface area contributed by atoms with Crippen molar-refractivity contribution in [3.05, 3.63) is 10.6 Å². The van der Waals surface area contributed by atoms with Gasteiger partial charge in [0.1, 0.15) is 4.88 Å². The van der Waals surface area contributed by atoms with E-state index in [4.69, 9.17) is 0 Å². The Hall–Kier alpha value is -1.10. The lowest BCUT2D eigenvalue weighted by atomic mass is 9.85. The number of anilines is 1. The molecule has 1 N–H and O–H groups in total. The minimum absolute atomic E-state index is 0.202. The molecular weight excluding hydrogens is 260 g/mol. The van der Waals surface area contributed by atoms with Gasteiger partial charge in [-0.15, -0.1) is 0 Å². The first-order chi connectivity index (χ1) is 9.02. The van der Waals surface area contributed by atoms with E-state index in [2.05, 4.69) is 16.8 Å². The van der Waals surface area contributed by atoms with Crippen LogP contribution in [-0.4, -0.2) is 29.7 Å². The summed E-state index contributed by atoms with van der Waals surface area (Å²) in [6.45, 7) is 5.09. The van der Waals surface area contributed by atoms with Gasteiger partial charge in [-0.2, -0.15) is 0 Å². The van der Waals surface area contributed by atoms with Crippen LogP contribution in [0.1, 0.15) is 60.8 Å². The van der Waals surface area contributed by atoms with E-state index in [0.29, 0.717) is 4.88 Å². The van der Waals surface area contributed by atoms with Gasteiger partial charge in [0.25, 0.3) is 0 Å². The summed E-state index contributed by atoms with van der Waals surface area (Å²) in [4.78, 5) is 18.4. The van der Waals surface area contributed by atoms with Crippen molar-refractivity contribution in [1.29, 1.82) is 0 Å². The van der Waals surface area contributed by atoms with E-state index >= 15 is 0 Å². The molecule has 5 heteroatoms. The number of aromatic carboxylic acids is 1. The second-order valence-electron chi connectivity index (χ2n) is 5.50. The standard InChI is InChI=1S/C14H22N2O2S/c1-4-9(2)11-12(13(17)18)19-14(15-11)16(3)8-10-6-5-7-10/h9-10H,4-8H2,1-3H3,(H,17,18). The zero-order valence-electron chi connectivity index (χ0n) is 11.8. The largest absolute Gasteiger partial charge is 0.477 e. The normalized spacial score (nSPS) is 17.0. The molecule has 1 aromatic rings. The highest BCUT2D eigenvalue weighted by Crippen LogP contribution is 2.34. The van der Waals surface area contributed by atoms with Crippen molar-refractivity contribution in [2.75, 3.05) is 18.5 Å². The number of carbonyl (C=O) groups is 1. The van der Waals surface area contributed by atoms with Crippen LogP contribution in [0.2, 0.25) is 0 Å². The summed E-state index contributed by atoms with van der Waals surface area (Å²) in [5.41, 5.74) is 0.746. The molecule has 1 unspecified atom stereocenters. The molecule has 1 saturated carbocycles. The highest BCUT2D eigenvalue weighted by atomic mass is 32.1. The number of rotatable bonds is 6. The van der Waals surface area contributed by atoms with E-state index < -0.39 is 5.97 Å². The maximum absolute atomic E-state index is 11.3. The van der Waals surface area contributed by atoms with Gasteiger partial charge < -0.3 is 10.0 Å². The number of carboxylic acids is 1. The molecule has 2 rings (SSSR count). The molecule has 1 aromatic heterocycles. The molecule has 1 atom stereocenters. The first-order valence-corrected chi connectivity index (χ1v) is 7.79. The van der Waals surface area contributed by atoms with Gasteiger partial charge in [0.05, 0.1) is 5.69 Å². The van der Waals surface area contributed by atoms with Crippen LogP contribution < -0.4 is 4.90 Å². The Kier molecular flexibility index (Phi) is 4.45. The minimum Gasteiger partial charge on any atom is -0.477 e. The maximum atomic E-state index is 11.3. The van der Waals surface area contributed by atoms with Crippen LogP contribution in [0.4, 0.5) is 5.13 Å². The average Bonchev–Trinajstić information content (AvgIpc) is 2.77. The van der Waals surface area contributed by atoms with Gasteiger partial charge in [-0.1, -0.05) is 31.6 Å². The predicted octanol–water partition coefficient (Wildman–Crippen LogP) is 3.59. The number of hydrogen-bond acceptors (Lipinski definition) is 4. The predicted molar refractivity (Wildman–Crippen MR) is 78.4 cm³/mol. The molecule has 1 heterocycles. The zero-order chi connectivity index (χ0) is 14.0. The van der Waals surface area contributed by atoms with Crippen molar-refractivity contribution in [1.82, 2.24) is 4.98 Å². The summed E-state index contributed by atoms with van der Waals surface area (Å²) < 4.78 is 0. The van der Waals surface area contributed by atoms with Crippen molar-refractivity contribution < 1.29 is 9.90 Å². The molecule has 0 amide bonds. The number of thiazole rings is 1. The smallest absolute Gasteiger partial charge is 0.347 e. The molecular formula is C14H22N2O2S. The average molecular weight is 282 g/mol. The fourth-order valence-electron chi connectivity index (χ4n) is 2.30. The second kappa shape index (κ2) is 5.90. The summed E-state index contributed by atoms with van der Waals surface area (Å²) in [5.74, 6) is 0.110. The van der Waals surface area contributed by atoms with Crippen molar-refractivity contribution in [3.8, 4) is 0 Å². The van der Waals surface area contributed by atoms with Crippen molar-refractivity contribution in [2.24, 2.45) is 5.92 Å². The van der Waals surface area contributed by atoms with Crippen molar-refractivity contribution in [2.45, 2.75) is 45.4 Å². The van der Waals surface area contributed by atoms with E-state index in [1.54, 1.807) is 0 Å². The molecule has 4 nitrogen and oxygen atoms in total. The lowest BCUT2D eigenvalue weighted by Crippen LogP contribution is -2.29. The van der Waals surface area contributed by atoms with Crippen molar-refractivity contribution >= 4 is 22.4 Å². The Balaban J connectivity index is 2.18. The monoisotopic (exact) mass is 282 g/mol. The van der Waals surface area contributed by atoms with Gasteiger partial charge in [0.2, 0.25) is 0 Å². The Morgan fingerprint density at radius 3 is 2.74 bits per heavy atom. The second-order valence-corrected chi connectivity index (χ2v) is 6.48. The molecule has 1 aliphatic carbocycles. The lowest BCUT2D eigenvalue weighted by Gasteiger charge is -2.29. The number of nitrogens with zero attached hydrogens (tertiary/aromatic N) is 2. The summed E-state index contributed by atoms with van der Waals surface area (Å²) in [5, 5.41) is 10.1. The first-order valence-electron chi connectivity index (χ1n) is 6.98. The third kappa shape index (κ3) is 3.08. The third-order valence-corrected chi connectivity index (χ3v) is 5.17. The van der Waals surface area contributed by atoms with Crippen molar-refractivity contribution in [3.63, 3.8) is 0 Å². The summed E-state index contributed by atoms with van der Waals surface area (Å²) in [7, 11) is 2.02. The van der Waals surface area contributed by atoms with Crippen LogP contribution in [0.3, 0.4) is 0 Å². The number of carboxylic acid groups (broad SMARTS) is 1. The number of hydrogen-bond donors (Lipinski definition) is 1. The molecule has 1 fully saturated rings. The Bertz CT molecular complexity index is 454. The van der Waals surface area contributed by atoms with Crippen LogP contribution in [0.5, 0.6) is 0 Å². The summed E-state index contributed by atoms with van der Waals surface area (Å²) >= 11 is 1.31. The first kappa shape index (κ1) is 14.3. The fraction of sp³-hybridized carbons (Fsp3) is 0.714. The maximum Gasteiger partial charge on any atom is 0.347 e. The summed E-state index contributed by atoms with van der Waals surface area (Å²) in [6.07, 6.45) is 4.82. The van der Waals surface area contributed by atoms with Crippen LogP contribution in [-0.2, 0) is 0 Å². The molecule has 106 valence electrons. The molecule has 0 spiro atoms. The minimum atomic E-state index is -0.851. The topological polar surface area (TPSA) is 53.4 Å². The molecule has 1 aliphatic rings. The van der Waals surface area contributed by atoms with Gasteiger partial charge >= 0.3 is 5.97 Å². The Morgan fingerprint density at radius 2 is 2.26 bits per heavy atom. The molecule has 0 aliphatic heterocycles. The molecule has 0 radical (unpaired) electrons. The molecule has 0 saturated heterocycles. The summed E-state index contributed by atoms with van der Waals surface area (Å²) in [6, 6.07) is 0. The van der Waals surface area contributed by atoms with Crippen LogP contribution in [0.15, 0.2) is 0 Å². The SMILES string of the molecule is CCC(C)c1nc(N(C)CC2CCC2)sc1C(=O)O. The van der Waals surface area contributed by atoms with Gasteiger partial charge in [0.15, 0.2) is 5.13 Å². The van der Waals surface area contributed by atoms with Gasteiger partial charge in [-0.3, -0.25) is 0 Å². The van der Waals surface area contributed by atoms with E-state index in [1.165, 1.54) is 30.6 Å².